The second kappa shape index (κ2) is 4.81. The van der Waals surface area contributed by atoms with Crippen molar-refractivity contribution in [2.24, 2.45) is 0 Å². The Morgan fingerprint density at radius 3 is 2.74 bits per heavy atom. The van der Waals surface area contributed by atoms with Gasteiger partial charge < -0.3 is 5.32 Å². The average molecular weight is 258 g/mol. The van der Waals surface area contributed by atoms with Crippen LogP contribution in [0, 0.1) is 17.3 Å². The van der Waals surface area contributed by atoms with Crippen molar-refractivity contribution in [1.82, 2.24) is 9.97 Å². The summed E-state index contributed by atoms with van der Waals surface area (Å²) in [5.41, 5.74) is 1.38. The summed E-state index contributed by atoms with van der Waals surface area (Å²) < 4.78 is 13.3. The quantitative estimate of drug-likeness (QED) is 0.858. The molecule has 0 aromatic carbocycles. The van der Waals surface area contributed by atoms with Crippen molar-refractivity contribution in [2.75, 3.05) is 5.32 Å². The van der Waals surface area contributed by atoms with Gasteiger partial charge in [0, 0.05) is 23.2 Å². The zero-order valence-corrected chi connectivity index (χ0v) is 11.2. The molecule has 0 aliphatic heterocycles. The highest BCUT2D eigenvalue weighted by Crippen LogP contribution is 2.29. The van der Waals surface area contributed by atoms with E-state index in [4.69, 9.17) is 0 Å². The van der Waals surface area contributed by atoms with Crippen LogP contribution in [-0.4, -0.2) is 15.5 Å². The summed E-state index contributed by atoms with van der Waals surface area (Å²) in [4.78, 5) is 7.70. The van der Waals surface area contributed by atoms with E-state index in [0.29, 0.717) is 22.2 Å². The zero-order chi connectivity index (χ0) is 14.0. The third-order valence-electron chi connectivity index (χ3n) is 3.19. The maximum absolute atomic E-state index is 13.3. The third-order valence-corrected chi connectivity index (χ3v) is 3.19. The number of hydrogen-bond acceptors (Lipinski definition) is 4. The summed E-state index contributed by atoms with van der Waals surface area (Å²) >= 11 is 0. The molecule has 0 unspecified atom stereocenters. The smallest absolute Gasteiger partial charge is 0.213 e. The van der Waals surface area contributed by atoms with Gasteiger partial charge >= 0.3 is 0 Å². The van der Waals surface area contributed by atoms with Gasteiger partial charge in [-0.25, -0.2) is 4.98 Å². The van der Waals surface area contributed by atoms with Gasteiger partial charge in [-0.15, -0.1) is 0 Å². The van der Waals surface area contributed by atoms with Crippen LogP contribution in [0.5, 0.6) is 0 Å². The van der Waals surface area contributed by atoms with E-state index in [1.165, 1.54) is 18.5 Å². The molecule has 4 nitrogen and oxygen atoms in total. The minimum absolute atomic E-state index is 0.195. The molecule has 0 saturated heterocycles. The molecule has 0 aliphatic rings. The number of halogens is 1. The predicted molar refractivity (Wildman–Crippen MR) is 72.2 cm³/mol. The van der Waals surface area contributed by atoms with Crippen molar-refractivity contribution in [3.05, 3.63) is 30.0 Å². The van der Waals surface area contributed by atoms with Crippen molar-refractivity contribution in [1.29, 1.82) is 5.26 Å². The standard InChI is InChI=1S/C14H15FN4/c1-4-14(2,3)19-13-9(6-16)7-17-11-8-18-12(15)5-10(11)13/h5,7-8H,4H2,1-3H3,(H,17,19). The Bertz CT molecular complexity index is 658. The Morgan fingerprint density at radius 1 is 1.37 bits per heavy atom. The number of nitriles is 1. The lowest BCUT2D eigenvalue weighted by Crippen LogP contribution is -2.30. The molecule has 0 saturated carbocycles. The van der Waals surface area contributed by atoms with Gasteiger partial charge in [0.2, 0.25) is 5.95 Å². The third kappa shape index (κ3) is 2.63. The number of rotatable bonds is 3. The van der Waals surface area contributed by atoms with Gasteiger partial charge in [-0.1, -0.05) is 6.92 Å². The zero-order valence-electron chi connectivity index (χ0n) is 11.2. The molecule has 0 spiro atoms. The largest absolute Gasteiger partial charge is 0.379 e. The summed E-state index contributed by atoms with van der Waals surface area (Å²) in [5.74, 6) is -0.582. The Kier molecular flexibility index (Phi) is 3.34. The summed E-state index contributed by atoms with van der Waals surface area (Å²) in [6.07, 6.45) is 3.72. The van der Waals surface area contributed by atoms with Crippen LogP contribution >= 0.6 is 0 Å². The van der Waals surface area contributed by atoms with Gasteiger partial charge in [-0.3, -0.25) is 4.98 Å². The fourth-order valence-electron chi connectivity index (χ4n) is 1.72. The SMILES string of the molecule is CCC(C)(C)Nc1c(C#N)cnc2cnc(F)cc12. The van der Waals surface area contributed by atoms with Gasteiger partial charge in [-0.05, 0) is 20.3 Å². The second-order valence-electron chi connectivity index (χ2n) is 5.05. The minimum Gasteiger partial charge on any atom is -0.379 e. The van der Waals surface area contributed by atoms with Gasteiger partial charge in [0.25, 0.3) is 0 Å². The Hall–Kier alpha value is -2.22. The highest BCUT2D eigenvalue weighted by molar-refractivity contribution is 5.93. The molecule has 0 radical (unpaired) electrons. The van der Waals surface area contributed by atoms with Crippen molar-refractivity contribution in [3.8, 4) is 6.07 Å². The van der Waals surface area contributed by atoms with Crippen LogP contribution in [0.15, 0.2) is 18.5 Å². The van der Waals surface area contributed by atoms with E-state index in [-0.39, 0.29) is 5.54 Å². The molecule has 0 bridgehead atoms. The first kappa shape index (κ1) is 13.2. The molecule has 2 heterocycles. The number of pyridine rings is 2. The number of fused-ring (bicyclic) bond motifs is 1. The molecule has 2 rings (SSSR count). The Labute approximate surface area is 111 Å². The first-order valence-corrected chi connectivity index (χ1v) is 6.09. The summed E-state index contributed by atoms with van der Waals surface area (Å²) in [7, 11) is 0. The van der Waals surface area contributed by atoms with Crippen LogP contribution in [-0.2, 0) is 0 Å². The number of nitrogens with one attached hydrogen (secondary N) is 1. The molecular weight excluding hydrogens is 243 g/mol. The van der Waals surface area contributed by atoms with Crippen LogP contribution in [0.3, 0.4) is 0 Å². The van der Waals surface area contributed by atoms with E-state index < -0.39 is 5.95 Å². The molecule has 0 amide bonds. The first-order chi connectivity index (χ1) is 8.96. The molecule has 2 aromatic rings. The topological polar surface area (TPSA) is 61.6 Å². The van der Waals surface area contributed by atoms with Gasteiger partial charge in [0.1, 0.15) is 6.07 Å². The molecule has 0 atom stereocenters. The lowest BCUT2D eigenvalue weighted by molar-refractivity contribution is 0.547. The van der Waals surface area contributed by atoms with Gasteiger partial charge in [0.05, 0.1) is 23.0 Å². The maximum Gasteiger partial charge on any atom is 0.213 e. The maximum atomic E-state index is 13.3. The lowest BCUT2D eigenvalue weighted by atomic mass is 10.00. The Morgan fingerprint density at radius 2 is 2.11 bits per heavy atom. The highest BCUT2D eigenvalue weighted by atomic mass is 19.1. The number of hydrogen-bond donors (Lipinski definition) is 1. The van der Waals surface area contributed by atoms with E-state index in [1.54, 1.807) is 0 Å². The van der Waals surface area contributed by atoms with Crippen molar-refractivity contribution in [2.45, 2.75) is 32.7 Å². The average Bonchev–Trinajstić information content (AvgIpc) is 2.39. The van der Waals surface area contributed by atoms with Gasteiger partial charge in [-0.2, -0.15) is 9.65 Å². The molecule has 19 heavy (non-hydrogen) atoms. The van der Waals surface area contributed by atoms with Crippen LogP contribution in [0.1, 0.15) is 32.8 Å². The first-order valence-electron chi connectivity index (χ1n) is 6.09. The fraction of sp³-hybridized carbons (Fsp3) is 0.357. The lowest BCUT2D eigenvalue weighted by Gasteiger charge is -2.27. The van der Waals surface area contributed by atoms with Crippen molar-refractivity contribution in [3.63, 3.8) is 0 Å². The molecule has 98 valence electrons. The second-order valence-corrected chi connectivity index (χ2v) is 5.05. The van der Waals surface area contributed by atoms with E-state index in [0.717, 1.165) is 6.42 Å². The molecule has 0 aliphatic carbocycles. The normalized spacial score (nSPS) is 11.3. The number of nitrogens with zero attached hydrogens (tertiary/aromatic N) is 3. The molecule has 5 heteroatoms. The highest BCUT2D eigenvalue weighted by Gasteiger charge is 2.19. The van der Waals surface area contributed by atoms with Crippen molar-refractivity contribution >= 4 is 16.6 Å². The fourth-order valence-corrected chi connectivity index (χ4v) is 1.72. The molecular formula is C14H15FN4. The summed E-state index contributed by atoms with van der Waals surface area (Å²) in [6, 6.07) is 3.39. The number of anilines is 1. The van der Waals surface area contributed by atoms with E-state index in [2.05, 4.69) is 21.4 Å². The molecule has 2 aromatic heterocycles. The number of aromatic nitrogens is 2. The monoisotopic (exact) mass is 258 g/mol. The van der Waals surface area contributed by atoms with Crippen LogP contribution in [0.25, 0.3) is 10.9 Å². The van der Waals surface area contributed by atoms with Crippen LogP contribution in [0.4, 0.5) is 10.1 Å². The summed E-state index contributed by atoms with van der Waals surface area (Å²) in [5, 5.41) is 13.1. The van der Waals surface area contributed by atoms with Gasteiger partial charge in [0.15, 0.2) is 0 Å². The molecule has 1 N–H and O–H groups in total. The predicted octanol–water partition coefficient (Wildman–Crippen LogP) is 3.24. The van der Waals surface area contributed by atoms with Crippen LogP contribution in [0.2, 0.25) is 0 Å². The summed E-state index contributed by atoms with van der Waals surface area (Å²) in [6.45, 7) is 6.10. The van der Waals surface area contributed by atoms with Crippen LogP contribution < -0.4 is 5.32 Å². The Balaban J connectivity index is 2.68. The van der Waals surface area contributed by atoms with Crippen molar-refractivity contribution < 1.29 is 4.39 Å². The minimum atomic E-state index is -0.582. The van der Waals surface area contributed by atoms with E-state index in [1.807, 2.05) is 20.8 Å². The van der Waals surface area contributed by atoms with E-state index in [9.17, 15) is 9.65 Å². The van der Waals surface area contributed by atoms with E-state index >= 15 is 0 Å². The molecule has 0 fully saturated rings.